The summed E-state index contributed by atoms with van der Waals surface area (Å²) in [5.41, 5.74) is 2.69. The summed E-state index contributed by atoms with van der Waals surface area (Å²) in [4.78, 5) is 12.1. The van der Waals surface area contributed by atoms with E-state index in [0.717, 1.165) is 25.8 Å². The number of hydrogen-bond donors (Lipinski definition) is 1. The Kier molecular flexibility index (Phi) is 3.82. The van der Waals surface area contributed by atoms with Crippen LogP contribution in [-0.4, -0.2) is 12.5 Å². The van der Waals surface area contributed by atoms with Gasteiger partial charge in [0.25, 0.3) is 0 Å². The van der Waals surface area contributed by atoms with E-state index in [9.17, 15) is 4.79 Å². The summed E-state index contributed by atoms with van der Waals surface area (Å²) in [5.74, 6) is 0.708. The number of carbonyl (C=O) groups excluding carboxylic acids is 1. The fourth-order valence-electron chi connectivity index (χ4n) is 2.63. The maximum atomic E-state index is 12.1. The monoisotopic (exact) mass is 231 g/mol. The Morgan fingerprint density at radius 3 is 2.88 bits per heavy atom. The molecule has 1 aliphatic rings. The minimum absolute atomic E-state index is 0.129. The van der Waals surface area contributed by atoms with Crippen LogP contribution in [-0.2, 0) is 11.2 Å². The van der Waals surface area contributed by atoms with Gasteiger partial charge in [-0.15, -0.1) is 0 Å². The molecule has 0 fully saturated rings. The standard InChI is InChI=1S/C15H21NO/c1-3-4-9-16-15(17)14-10-12-7-5-6-8-13(12)11(14)2/h5-8,11,14H,3-4,9-10H2,1-2H3,(H,16,17)/t11-,14+/m1/s1. The number of amides is 1. The van der Waals surface area contributed by atoms with Crippen LogP contribution in [0.2, 0.25) is 0 Å². The van der Waals surface area contributed by atoms with E-state index >= 15 is 0 Å². The van der Waals surface area contributed by atoms with E-state index in [4.69, 9.17) is 0 Å². The van der Waals surface area contributed by atoms with Crippen molar-refractivity contribution in [2.45, 2.75) is 39.0 Å². The smallest absolute Gasteiger partial charge is 0.224 e. The quantitative estimate of drug-likeness (QED) is 0.793. The van der Waals surface area contributed by atoms with Gasteiger partial charge in [0.15, 0.2) is 0 Å². The maximum absolute atomic E-state index is 12.1. The Morgan fingerprint density at radius 1 is 1.41 bits per heavy atom. The minimum Gasteiger partial charge on any atom is -0.356 e. The molecular formula is C15H21NO. The third-order valence-corrected chi connectivity index (χ3v) is 3.76. The summed E-state index contributed by atoms with van der Waals surface area (Å²) in [5, 5.41) is 3.05. The van der Waals surface area contributed by atoms with Crippen molar-refractivity contribution in [1.82, 2.24) is 5.32 Å². The third kappa shape index (κ3) is 2.51. The van der Waals surface area contributed by atoms with Gasteiger partial charge in [0.1, 0.15) is 0 Å². The minimum atomic E-state index is 0.129. The molecule has 1 N–H and O–H groups in total. The highest BCUT2D eigenvalue weighted by molar-refractivity contribution is 5.81. The van der Waals surface area contributed by atoms with Gasteiger partial charge >= 0.3 is 0 Å². The van der Waals surface area contributed by atoms with Gasteiger partial charge in [-0.25, -0.2) is 0 Å². The second-order valence-electron chi connectivity index (χ2n) is 4.94. The van der Waals surface area contributed by atoms with Crippen LogP contribution in [0.3, 0.4) is 0 Å². The first kappa shape index (κ1) is 12.2. The lowest BCUT2D eigenvalue weighted by Gasteiger charge is -2.15. The zero-order valence-corrected chi connectivity index (χ0v) is 10.7. The highest BCUT2D eigenvalue weighted by Crippen LogP contribution is 2.37. The topological polar surface area (TPSA) is 29.1 Å². The van der Waals surface area contributed by atoms with Gasteiger partial charge in [-0.2, -0.15) is 0 Å². The number of benzene rings is 1. The SMILES string of the molecule is CCCCNC(=O)[C@H]1Cc2ccccc2[C@H]1C. The number of rotatable bonds is 4. The molecule has 0 unspecified atom stereocenters. The Labute approximate surface area is 103 Å². The fourth-order valence-corrected chi connectivity index (χ4v) is 2.63. The molecule has 0 heterocycles. The first-order valence-electron chi connectivity index (χ1n) is 6.59. The van der Waals surface area contributed by atoms with Crippen molar-refractivity contribution in [3.63, 3.8) is 0 Å². The molecule has 0 radical (unpaired) electrons. The lowest BCUT2D eigenvalue weighted by Crippen LogP contribution is -2.33. The number of unbranched alkanes of at least 4 members (excludes halogenated alkanes) is 1. The Hall–Kier alpha value is -1.31. The molecule has 1 aliphatic carbocycles. The molecular weight excluding hydrogens is 210 g/mol. The van der Waals surface area contributed by atoms with Crippen molar-refractivity contribution in [3.8, 4) is 0 Å². The lowest BCUT2D eigenvalue weighted by molar-refractivity contribution is -0.125. The number of carbonyl (C=O) groups is 1. The molecule has 1 aromatic rings. The summed E-state index contributed by atoms with van der Waals surface area (Å²) >= 11 is 0. The van der Waals surface area contributed by atoms with Gasteiger partial charge in [0.2, 0.25) is 5.91 Å². The summed E-state index contributed by atoms with van der Waals surface area (Å²) in [7, 11) is 0. The van der Waals surface area contributed by atoms with E-state index in [-0.39, 0.29) is 11.8 Å². The molecule has 0 spiro atoms. The van der Waals surface area contributed by atoms with Crippen molar-refractivity contribution >= 4 is 5.91 Å². The molecule has 0 aromatic heterocycles. The number of hydrogen-bond acceptors (Lipinski definition) is 1. The van der Waals surface area contributed by atoms with Gasteiger partial charge in [-0.3, -0.25) is 4.79 Å². The van der Waals surface area contributed by atoms with Crippen LogP contribution >= 0.6 is 0 Å². The molecule has 0 bridgehead atoms. The molecule has 2 heteroatoms. The van der Waals surface area contributed by atoms with Gasteiger partial charge in [0, 0.05) is 12.5 Å². The van der Waals surface area contributed by atoms with Crippen LogP contribution in [0.15, 0.2) is 24.3 Å². The normalized spacial score (nSPS) is 22.2. The molecule has 2 nitrogen and oxygen atoms in total. The summed E-state index contributed by atoms with van der Waals surface area (Å²) < 4.78 is 0. The van der Waals surface area contributed by atoms with Gasteiger partial charge in [-0.05, 0) is 29.9 Å². The van der Waals surface area contributed by atoms with E-state index < -0.39 is 0 Å². The predicted octanol–water partition coefficient (Wildman–Crippen LogP) is 2.88. The summed E-state index contributed by atoms with van der Waals surface area (Å²) in [6.07, 6.45) is 3.09. The highest BCUT2D eigenvalue weighted by atomic mass is 16.1. The second-order valence-corrected chi connectivity index (χ2v) is 4.94. The Morgan fingerprint density at radius 2 is 2.18 bits per heavy atom. The van der Waals surface area contributed by atoms with E-state index in [1.165, 1.54) is 11.1 Å². The van der Waals surface area contributed by atoms with Crippen LogP contribution in [0.25, 0.3) is 0 Å². The lowest BCUT2D eigenvalue weighted by atomic mass is 9.94. The van der Waals surface area contributed by atoms with E-state index in [1.54, 1.807) is 0 Å². The summed E-state index contributed by atoms with van der Waals surface area (Å²) in [6.45, 7) is 5.12. The Bertz CT molecular complexity index is 400. The molecule has 17 heavy (non-hydrogen) atoms. The van der Waals surface area contributed by atoms with Crippen LogP contribution in [0.1, 0.15) is 43.7 Å². The van der Waals surface area contributed by atoms with Crippen LogP contribution in [0.4, 0.5) is 0 Å². The zero-order chi connectivity index (χ0) is 12.3. The van der Waals surface area contributed by atoms with Crippen LogP contribution < -0.4 is 5.32 Å². The Balaban J connectivity index is 1.99. The third-order valence-electron chi connectivity index (χ3n) is 3.76. The van der Waals surface area contributed by atoms with E-state index in [0.29, 0.717) is 5.92 Å². The zero-order valence-electron chi connectivity index (χ0n) is 10.7. The van der Waals surface area contributed by atoms with Crippen molar-refractivity contribution in [2.75, 3.05) is 6.54 Å². The van der Waals surface area contributed by atoms with Crippen molar-refractivity contribution in [3.05, 3.63) is 35.4 Å². The van der Waals surface area contributed by atoms with Crippen molar-refractivity contribution < 1.29 is 4.79 Å². The summed E-state index contributed by atoms with van der Waals surface area (Å²) in [6, 6.07) is 8.42. The van der Waals surface area contributed by atoms with Crippen molar-refractivity contribution in [1.29, 1.82) is 0 Å². The molecule has 0 saturated heterocycles. The van der Waals surface area contributed by atoms with Crippen LogP contribution in [0.5, 0.6) is 0 Å². The molecule has 1 amide bonds. The molecule has 1 aromatic carbocycles. The first-order valence-corrected chi connectivity index (χ1v) is 6.59. The molecule has 92 valence electrons. The number of fused-ring (bicyclic) bond motifs is 1. The largest absolute Gasteiger partial charge is 0.356 e. The van der Waals surface area contributed by atoms with Gasteiger partial charge in [0.05, 0.1) is 0 Å². The molecule has 0 aliphatic heterocycles. The van der Waals surface area contributed by atoms with Crippen molar-refractivity contribution in [2.24, 2.45) is 5.92 Å². The van der Waals surface area contributed by atoms with E-state index in [1.807, 2.05) is 0 Å². The maximum Gasteiger partial charge on any atom is 0.224 e. The average molecular weight is 231 g/mol. The predicted molar refractivity (Wildman–Crippen MR) is 70.0 cm³/mol. The molecule has 2 rings (SSSR count). The highest BCUT2D eigenvalue weighted by Gasteiger charge is 2.33. The average Bonchev–Trinajstić information content (AvgIpc) is 2.68. The van der Waals surface area contributed by atoms with E-state index in [2.05, 4.69) is 43.4 Å². The molecule has 0 saturated carbocycles. The van der Waals surface area contributed by atoms with Gasteiger partial charge < -0.3 is 5.32 Å². The number of nitrogens with one attached hydrogen (secondary N) is 1. The van der Waals surface area contributed by atoms with Gasteiger partial charge in [-0.1, -0.05) is 44.5 Å². The molecule has 2 atom stereocenters. The fraction of sp³-hybridized carbons (Fsp3) is 0.533. The van der Waals surface area contributed by atoms with Crippen LogP contribution in [0, 0.1) is 5.92 Å². The first-order chi connectivity index (χ1) is 8.24. The second kappa shape index (κ2) is 5.35.